The molecular formula is C23H27FN2O. The highest BCUT2D eigenvalue weighted by Gasteiger charge is 2.34. The molecule has 1 fully saturated rings. The molecule has 0 radical (unpaired) electrons. The third kappa shape index (κ3) is 3.71. The topological polar surface area (TPSA) is 32.3 Å². The monoisotopic (exact) mass is 366 g/mol. The molecule has 0 aliphatic carbocycles. The number of nitrogens with one attached hydrogen (secondary N) is 1. The summed E-state index contributed by atoms with van der Waals surface area (Å²) in [7, 11) is 0. The van der Waals surface area contributed by atoms with Crippen LogP contribution in [-0.4, -0.2) is 28.9 Å². The number of anilines is 1. The summed E-state index contributed by atoms with van der Waals surface area (Å²) < 4.78 is 13.1. The van der Waals surface area contributed by atoms with Crippen molar-refractivity contribution in [1.29, 1.82) is 0 Å². The number of carbonyl (C=O) groups is 1. The largest absolute Gasteiger partial charge is 0.382 e. The Bertz CT molecular complexity index is 833. The van der Waals surface area contributed by atoms with E-state index in [1.807, 2.05) is 24.3 Å². The zero-order valence-corrected chi connectivity index (χ0v) is 16.0. The third-order valence-electron chi connectivity index (χ3n) is 5.98. The van der Waals surface area contributed by atoms with Gasteiger partial charge in [0.1, 0.15) is 5.82 Å². The Morgan fingerprint density at radius 3 is 2.70 bits per heavy atom. The van der Waals surface area contributed by atoms with Crippen molar-refractivity contribution in [3.05, 3.63) is 65.0 Å². The summed E-state index contributed by atoms with van der Waals surface area (Å²) in [6.07, 6.45) is 4.85. The molecule has 27 heavy (non-hydrogen) atoms. The quantitative estimate of drug-likeness (QED) is 0.842. The Morgan fingerprint density at radius 2 is 1.93 bits per heavy atom. The molecule has 2 heterocycles. The lowest BCUT2D eigenvalue weighted by Gasteiger charge is -2.29. The molecule has 1 saturated heterocycles. The van der Waals surface area contributed by atoms with Gasteiger partial charge >= 0.3 is 0 Å². The molecule has 0 saturated carbocycles. The number of halogens is 1. The average Bonchev–Trinajstić information content (AvgIpc) is 3.21. The van der Waals surface area contributed by atoms with Gasteiger partial charge in [0.05, 0.1) is 0 Å². The number of hydrogen-bond donors (Lipinski definition) is 1. The number of fused-ring (bicyclic) bond motifs is 1. The lowest BCUT2D eigenvalue weighted by Crippen LogP contribution is -2.40. The minimum atomic E-state index is -0.203. The molecule has 1 N–H and O–H groups in total. The minimum Gasteiger partial charge on any atom is -0.382 e. The van der Waals surface area contributed by atoms with Gasteiger partial charge in [0.25, 0.3) is 5.91 Å². The van der Waals surface area contributed by atoms with Crippen LogP contribution in [0.15, 0.2) is 42.5 Å². The molecule has 0 spiro atoms. The van der Waals surface area contributed by atoms with Crippen molar-refractivity contribution in [2.24, 2.45) is 0 Å². The predicted molar refractivity (Wildman–Crippen MR) is 107 cm³/mol. The summed E-state index contributed by atoms with van der Waals surface area (Å²) in [6.45, 7) is 4.31. The van der Waals surface area contributed by atoms with E-state index < -0.39 is 0 Å². The molecule has 2 aromatic carbocycles. The lowest BCUT2D eigenvalue weighted by atomic mass is 10.0. The summed E-state index contributed by atoms with van der Waals surface area (Å²) in [5.74, 6) is -0.0584. The predicted octanol–water partition coefficient (Wildman–Crippen LogP) is 4.81. The van der Waals surface area contributed by atoms with Crippen LogP contribution in [0.5, 0.6) is 0 Å². The van der Waals surface area contributed by atoms with Crippen LogP contribution >= 0.6 is 0 Å². The zero-order chi connectivity index (χ0) is 19.0. The normalized spacial score (nSPS) is 24.0. The number of hydrogen-bond acceptors (Lipinski definition) is 2. The summed E-state index contributed by atoms with van der Waals surface area (Å²) in [5.41, 5.74) is 4.32. The zero-order valence-electron chi connectivity index (χ0n) is 16.0. The van der Waals surface area contributed by atoms with Crippen molar-refractivity contribution in [2.75, 3.05) is 5.32 Å². The number of aryl methyl sites for hydroxylation is 1. The van der Waals surface area contributed by atoms with E-state index in [1.165, 1.54) is 17.7 Å². The number of benzene rings is 2. The van der Waals surface area contributed by atoms with Gasteiger partial charge in [0.2, 0.25) is 0 Å². The van der Waals surface area contributed by atoms with Gasteiger partial charge in [-0.05, 0) is 87.4 Å². The number of amides is 1. The molecule has 142 valence electrons. The summed E-state index contributed by atoms with van der Waals surface area (Å²) in [6, 6.07) is 13.7. The lowest BCUT2D eigenvalue weighted by molar-refractivity contribution is 0.0672. The van der Waals surface area contributed by atoms with Crippen molar-refractivity contribution < 1.29 is 9.18 Å². The summed E-state index contributed by atoms with van der Waals surface area (Å²) in [5, 5.41) is 3.44. The number of rotatable bonds is 4. The molecule has 0 bridgehead atoms. The Hall–Kier alpha value is -2.36. The second-order valence-electron chi connectivity index (χ2n) is 8.08. The second kappa shape index (κ2) is 7.34. The molecule has 2 aliphatic rings. The molecule has 3 atom stereocenters. The van der Waals surface area contributed by atoms with E-state index in [2.05, 4.69) is 30.1 Å². The fourth-order valence-electron chi connectivity index (χ4n) is 4.54. The Labute approximate surface area is 160 Å². The molecule has 1 amide bonds. The van der Waals surface area contributed by atoms with E-state index in [4.69, 9.17) is 0 Å². The van der Waals surface area contributed by atoms with Gasteiger partial charge in [-0.15, -0.1) is 0 Å². The fourth-order valence-corrected chi connectivity index (χ4v) is 4.54. The van der Waals surface area contributed by atoms with E-state index >= 15 is 0 Å². The van der Waals surface area contributed by atoms with Crippen LogP contribution in [0.3, 0.4) is 0 Å². The molecule has 2 aliphatic heterocycles. The van der Waals surface area contributed by atoms with Crippen LogP contribution in [0.25, 0.3) is 0 Å². The van der Waals surface area contributed by atoms with Gasteiger partial charge < -0.3 is 10.2 Å². The second-order valence-corrected chi connectivity index (χ2v) is 8.08. The van der Waals surface area contributed by atoms with Gasteiger partial charge in [-0.2, -0.15) is 0 Å². The van der Waals surface area contributed by atoms with Gasteiger partial charge in [-0.3, -0.25) is 4.79 Å². The fraction of sp³-hybridized carbons (Fsp3) is 0.435. The number of likely N-dealkylation sites (tertiary alicyclic amines) is 1. The maximum absolute atomic E-state index is 13.3. The molecule has 0 aromatic heterocycles. The highest BCUT2D eigenvalue weighted by molar-refractivity contribution is 5.95. The first-order valence-electron chi connectivity index (χ1n) is 9.98. The van der Waals surface area contributed by atoms with Crippen molar-refractivity contribution >= 4 is 11.6 Å². The smallest absolute Gasteiger partial charge is 0.254 e. The van der Waals surface area contributed by atoms with E-state index in [0.29, 0.717) is 6.04 Å². The van der Waals surface area contributed by atoms with E-state index in [1.54, 1.807) is 0 Å². The first kappa shape index (κ1) is 18.0. The van der Waals surface area contributed by atoms with Crippen molar-refractivity contribution in [3.8, 4) is 0 Å². The van der Waals surface area contributed by atoms with Crippen LogP contribution in [0.4, 0.5) is 10.1 Å². The van der Waals surface area contributed by atoms with Crippen LogP contribution < -0.4 is 5.32 Å². The van der Waals surface area contributed by atoms with Crippen LogP contribution in [0.1, 0.15) is 54.6 Å². The first-order valence-corrected chi connectivity index (χ1v) is 9.98. The molecule has 4 heteroatoms. The van der Waals surface area contributed by atoms with Gasteiger partial charge in [-0.25, -0.2) is 4.39 Å². The number of nitrogens with zero attached hydrogens (tertiary/aromatic N) is 1. The third-order valence-corrected chi connectivity index (χ3v) is 5.98. The van der Waals surface area contributed by atoms with Gasteiger partial charge in [0, 0.05) is 29.4 Å². The highest BCUT2D eigenvalue weighted by Crippen LogP contribution is 2.31. The highest BCUT2D eigenvalue weighted by atomic mass is 19.1. The summed E-state index contributed by atoms with van der Waals surface area (Å²) in [4.78, 5) is 15.3. The maximum Gasteiger partial charge on any atom is 0.254 e. The van der Waals surface area contributed by atoms with E-state index in [-0.39, 0.29) is 23.8 Å². The van der Waals surface area contributed by atoms with Gasteiger partial charge in [0.15, 0.2) is 0 Å². The SMILES string of the molecule is CC1Cc2cc(C(=O)N3[C@@H](CCc4ccc(F)cc4)CC[C@H]3C)ccc2N1. The van der Waals surface area contributed by atoms with E-state index in [9.17, 15) is 9.18 Å². The number of carbonyl (C=O) groups excluding carboxylic acids is 1. The molecular weight excluding hydrogens is 339 g/mol. The first-order chi connectivity index (χ1) is 13.0. The van der Waals surface area contributed by atoms with Crippen LogP contribution in [-0.2, 0) is 12.8 Å². The van der Waals surface area contributed by atoms with Gasteiger partial charge in [-0.1, -0.05) is 12.1 Å². The van der Waals surface area contributed by atoms with E-state index in [0.717, 1.165) is 48.9 Å². The molecule has 1 unspecified atom stereocenters. The maximum atomic E-state index is 13.3. The Kier molecular flexibility index (Phi) is 4.90. The van der Waals surface area contributed by atoms with Crippen molar-refractivity contribution in [2.45, 2.75) is 64.1 Å². The summed E-state index contributed by atoms with van der Waals surface area (Å²) >= 11 is 0. The van der Waals surface area contributed by atoms with Crippen LogP contribution in [0.2, 0.25) is 0 Å². The molecule has 3 nitrogen and oxygen atoms in total. The van der Waals surface area contributed by atoms with Crippen molar-refractivity contribution in [1.82, 2.24) is 4.90 Å². The Morgan fingerprint density at radius 1 is 1.15 bits per heavy atom. The minimum absolute atomic E-state index is 0.145. The van der Waals surface area contributed by atoms with Crippen LogP contribution in [0, 0.1) is 5.82 Å². The molecule has 4 rings (SSSR count). The molecule has 2 aromatic rings. The average molecular weight is 366 g/mol. The Balaban J connectivity index is 1.47. The standard InChI is InChI=1S/C23H27FN2O/c1-15-13-19-14-18(7-12-22(19)25-15)23(27)26-16(2)3-10-21(26)11-6-17-4-8-20(24)9-5-17/h4-5,7-9,12,14-16,21,25H,3,6,10-11,13H2,1-2H3/t15?,16-,21-/m1/s1. The van der Waals surface area contributed by atoms with Crippen molar-refractivity contribution in [3.63, 3.8) is 0 Å².